The summed E-state index contributed by atoms with van der Waals surface area (Å²) in [6, 6.07) is -0.0441. The van der Waals surface area contributed by atoms with Crippen LogP contribution in [0.25, 0.3) is 0 Å². The van der Waals surface area contributed by atoms with Gasteiger partial charge < -0.3 is 15.5 Å². The molecule has 0 aromatic carbocycles. The quantitative estimate of drug-likeness (QED) is 0.855. The van der Waals surface area contributed by atoms with E-state index in [1.807, 2.05) is 0 Å². The van der Waals surface area contributed by atoms with Crippen molar-refractivity contribution < 1.29 is 4.79 Å². The van der Waals surface area contributed by atoms with Crippen molar-refractivity contribution in [3.05, 3.63) is 10.6 Å². The van der Waals surface area contributed by atoms with Crippen LogP contribution in [0.2, 0.25) is 0 Å². The minimum atomic E-state index is -0.0441. The van der Waals surface area contributed by atoms with E-state index in [0.717, 1.165) is 49.7 Å². The molecule has 1 amide bonds. The van der Waals surface area contributed by atoms with Gasteiger partial charge in [-0.1, -0.05) is 6.42 Å². The van der Waals surface area contributed by atoms with Crippen LogP contribution in [-0.4, -0.2) is 42.0 Å². The molecule has 1 aromatic rings. The second kappa shape index (κ2) is 5.56. The molecule has 1 fully saturated rings. The minimum Gasteiger partial charge on any atom is -0.306 e. The summed E-state index contributed by atoms with van der Waals surface area (Å²) in [4.78, 5) is 20.3. The Balaban J connectivity index is 1.65. The molecule has 0 radical (unpaired) electrons. The third kappa shape index (κ3) is 2.96. The zero-order chi connectivity index (χ0) is 13.2. The highest BCUT2D eigenvalue weighted by molar-refractivity contribution is 7.15. The zero-order valence-electron chi connectivity index (χ0n) is 11.2. The van der Waals surface area contributed by atoms with E-state index < -0.39 is 0 Å². The second-order valence-electron chi connectivity index (χ2n) is 5.37. The van der Waals surface area contributed by atoms with Crippen molar-refractivity contribution in [3.8, 4) is 0 Å². The van der Waals surface area contributed by atoms with Crippen LogP contribution in [0.3, 0.4) is 0 Å². The smallest absolute Gasteiger partial charge is 0.243 e. The van der Waals surface area contributed by atoms with Crippen LogP contribution in [-0.2, 0) is 17.8 Å². The summed E-state index contributed by atoms with van der Waals surface area (Å²) in [6.07, 6.45) is 4.21. The average molecular weight is 280 g/mol. The number of amides is 1. The summed E-state index contributed by atoms with van der Waals surface area (Å²) in [5.74, 6) is 0.0687. The number of rotatable bonds is 2. The number of piperidine rings is 1. The zero-order valence-corrected chi connectivity index (χ0v) is 12.1. The van der Waals surface area contributed by atoms with Crippen LogP contribution < -0.4 is 10.6 Å². The standard InChI is InChI=1S/C13H20N4OS/c1-17-7-5-9-11(8-17)19-13(15-9)16-12(18)10-4-2-3-6-14-10/h10,14H,2-8H2,1H3,(H,15,16,18). The lowest BCUT2D eigenvalue weighted by molar-refractivity contribution is -0.118. The number of thiazole rings is 1. The first-order valence-corrected chi connectivity index (χ1v) is 7.75. The maximum atomic E-state index is 12.1. The van der Waals surface area contributed by atoms with Crippen LogP contribution in [0.15, 0.2) is 0 Å². The van der Waals surface area contributed by atoms with Crippen LogP contribution in [0.4, 0.5) is 5.13 Å². The number of fused-ring (bicyclic) bond motifs is 1. The Bertz CT molecular complexity index is 467. The molecule has 1 unspecified atom stereocenters. The number of carbonyl (C=O) groups excluding carboxylic acids is 1. The molecule has 1 aromatic heterocycles. The van der Waals surface area contributed by atoms with Crippen LogP contribution in [0, 0.1) is 0 Å². The summed E-state index contributed by atoms with van der Waals surface area (Å²) in [5.41, 5.74) is 1.16. The molecule has 104 valence electrons. The molecule has 0 bridgehead atoms. The molecular weight excluding hydrogens is 260 g/mol. The fourth-order valence-corrected chi connectivity index (χ4v) is 3.74. The first-order chi connectivity index (χ1) is 9.22. The van der Waals surface area contributed by atoms with E-state index in [-0.39, 0.29) is 11.9 Å². The van der Waals surface area contributed by atoms with E-state index in [4.69, 9.17) is 0 Å². The molecular formula is C13H20N4OS. The van der Waals surface area contributed by atoms with Gasteiger partial charge in [0.1, 0.15) is 0 Å². The van der Waals surface area contributed by atoms with Crippen molar-refractivity contribution in [2.75, 3.05) is 25.5 Å². The minimum absolute atomic E-state index is 0.0441. The number of carbonyl (C=O) groups is 1. The molecule has 19 heavy (non-hydrogen) atoms. The number of nitrogens with one attached hydrogen (secondary N) is 2. The fourth-order valence-electron chi connectivity index (χ4n) is 2.64. The molecule has 6 heteroatoms. The van der Waals surface area contributed by atoms with Crippen molar-refractivity contribution in [1.82, 2.24) is 15.2 Å². The highest BCUT2D eigenvalue weighted by atomic mass is 32.1. The number of hydrogen-bond donors (Lipinski definition) is 2. The fraction of sp³-hybridized carbons (Fsp3) is 0.692. The van der Waals surface area contributed by atoms with Gasteiger partial charge in [-0.15, -0.1) is 11.3 Å². The molecule has 2 aliphatic heterocycles. The average Bonchev–Trinajstić information content (AvgIpc) is 2.81. The Morgan fingerprint density at radius 3 is 3.21 bits per heavy atom. The van der Waals surface area contributed by atoms with E-state index in [1.54, 1.807) is 11.3 Å². The van der Waals surface area contributed by atoms with Gasteiger partial charge in [0.15, 0.2) is 5.13 Å². The normalized spacial score (nSPS) is 23.9. The van der Waals surface area contributed by atoms with Gasteiger partial charge in [-0.3, -0.25) is 4.79 Å². The molecule has 3 heterocycles. The molecule has 0 aliphatic carbocycles. The van der Waals surface area contributed by atoms with E-state index >= 15 is 0 Å². The monoisotopic (exact) mass is 280 g/mol. The van der Waals surface area contributed by atoms with Crippen LogP contribution >= 0.6 is 11.3 Å². The van der Waals surface area contributed by atoms with Gasteiger partial charge in [0.2, 0.25) is 5.91 Å². The summed E-state index contributed by atoms with van der Waals surface area (Å²) < 4.78 is 0. The second-order valence-corrected chi connectivity index (χ2v) is 6.45. The highest BCUT2D eigenvalue weighted by Gasteiger charge is 2.23. The Morgan fingerprint density at radius 1 is 1.53 bits per heavy atom. The predicted molar refractivity (Wildman–Crippen MR) is 76.4 cm³/mol. The highest BCUT2D eigenvalue weighted by Crippen LogP contribution is 2.27. The first kappa shape index (κ1) is 13.0. The van der Waals surface area contributed by atoms with Gasteiger partial charge in [0, 0.05) is 24.4 Å². The molecule has 2 aliphatic rings. The van der Waals surface area contributed by atoms with Gasteiger partial charge in [-0.25, -0.2) is 4.98 Å². The van der Waals surface area contributed by atoms with Crippen molar-refractivity contribution in [2.45, 2.75) is 38.3 Å². The summed E-state index contributed by atoms with van der Waals surface area (Å²) in [5, 5.41) is 7.00. The Hall–Kier alpha value is -0.980. The Labute approximate surface area is 117 Å². The number of nitrogens with zero attached hydrogens (tertiary/aromatic N) is 2. The maximum Gasteiger partial charge on any atom is 0.243 e. The number of anilines is 1. The molecule has 2 N–H and O–H groups in total. The topological polar surface area (TPSA) is 57.3 Å². The van der Waals surface area contributed by atoms with Crippen molar-refractivity contribution in [3.63, 3.8) is 0 Å². The Morgan fingerprint density at radius 2 is 2.42 bits per heavy atom. The molecule has 5 nitrogen and oxygen atoms in total. The van der Waals surface area contributed by atoms with Crippen molar-refractivity contribution in [1.29, 1.82) is 0 Å². The third-order valence-corrected chi connectivity index (χ3v) is 4.78. The van der Waals surface area contributed by atoms with Gasteiger partial charge >= 0.3 is 0 Å². The van der Waals surface area contributed by atoms with Gasteiger partial charge in [-0.05, 0) is 26.4 Å². The molecule has 3 rings (SSSR count). The largest absolute Gasteiger partial charge is 0.306 e. The Kier molecular flexibility index (Phi) is 3.81. The molecule has 0 saturated carbocycles. The SMILES string of the molecule is CN1CCc2nc(NC(=O)C3CCCCN3)sc2C1. The van der Waals surface area contributed by atoms with E-state index in [9.17, 15) is 4.79 Å². The van der Waals surface area contributed by atoms with Crippen molar-refractivity contribution in [2.24, 2.45) is 0 Å². The van der Waals surface area contributed by atoms with Gasteiger partial charge in [-0.2, -0.15) is 0 Å². The summed E-state index contributed by atoms with van der Waals surface area (Å²) in [7, 11) is 2.12. The van der Waals surface area contributed by atoms with Crippen LogP contribution in [0.1, 0.15) is 29.8 Å². The lowest BCUT2D eigenvalue weighted by Crippen LogP contribution is -2.43. The summed E-state index contributed by atoms with van der Waals surface area (Å²) in [6.45, 7) is 2.94. The summed E-state index contributed by atoms with van der Waals surface area (Å²) >= 11 is 1.62. The van der Waals surface area contributed by atoms with Crippen LogP contribution in [0.5, 0.6) is 0 Å². The lowest BCUT2D eigenvalue weighted by atomic mass is 10.0. The number of hydrogen-bond acceptors (Lipinski definition) is 5. The van der Waals surface area contributed by atoms with E-state index in [1.165, 1.54) is 11.3 Å². The number of aromatic nitrogens is 1. The maximum absolute atomic E-state index is 12.1. The lowest BCUT2D eigenvalue weighted by Gasteiger charge is -2.21. The molecule has 0 spiro atoms. The predicted octanol–water partition coefficient (Wildman–Crippen LogP) is 1.21. The molecule has 1 saturated heterocycles. The van der Waals surface area contributed by atoms with Gasteiger partial charge in [0.05, 0.1) is 11.7 Å². The van der Waals surface area contributed by atoms with Gasteiger partial charge in [0.25, 0.3) is 0 Å². The first-order valence-electron chi connectivity index (χ1n) is 6.94. The molecule has 1 atom stereocenters. The third-order valence-electron chi connectivity index (χ3n) is 3.78. The number of likely N-dealkylation sites (N-methyl/N-ethyl adjacent to an activating group) is 1. The van der Waals surface area contributed by atoms with E-state index in [0.29, 0.717) is 0 Å². The van der Waals surface area contributed by atoms with Crippen molar-refractivity contribution >= 4 is 22.4 Å². The van der Waals surface area contributed by atoms with E-state index in [2.05, 4.69) is 27.6 Å².